The van der Waals surface area contributed by atoms with Crippen molar-refractivity contribution in [1.29, 1.82) is 0 Å². The third-order valence-corrected chi connectivity index (χ3v) is 6.58. The second-order valence-corrected chi connectivity index (χ2v) is 8.62. The Morgan fingerprint density at radius 2 is 1.85 bits per heavy atom. The van der Waals surface area contributed by atoms with Crippen LogP contribution in [0.1, 0.15) is 50.2 Å². The first-order chi connectivity index (χ1) is 12.9. The maximum absolute atomic E-state index is 12.7. The second-order valence-electron chi connectivity index (χ2n) is 6.68. The van der Waals surface area contributed by atoms with Crippen molar-refractivity contribution in [1.82, 2.24) is 19.8 Å². The molecule has 1 aromatic heterocycles. The van der Waals surface area contributed by atoms with E-state index in [1.165, 1.54) is 16.4 Å². The van der Waals surface area contributed by atoms with E-state index >= 15 is 0 Å². The maximum atomic E-state index is 12.7. The van der Waals surface area contributed by atoms with Crippen LogP contribution in [-0.4, -0.2) is 48.0 Å². The van der Waals surface area contributed by atoms with E-state index in [2.05, 4.69) is 15.5 Å². The summed E-state index contributed by atoms with van der Waals surface area (Å²) in [4.78, 5) is 12.3. The largest absolute Gasteiger partial charge is 0.412 e. The first-order valence-corrected chi connectivity index (χ1v) is 10.6. The summed E-state index contributed by atoms with van der Waals surface area (Å²) in [7, 11) is -3.48. The summed E-state index contributed by atoms with van der Waals surface area (Å²) in [6, 6.07) is 6.29. The summed E-state index contributed by atoms with van der Waals surface area (Å²) in [6.45, 7) is 4.96. The molecule has 1 fully saturated rings. The minimum Gasteiger partial charge on any atom is -0.412 e. The Hall–Kier alpha value is -2.26. The maximum Gasteiger partial charge on any atom is 0.309 e. The predicted octanol–water partition coefficient (Wildman–Crippen LogP) is 2.44. The van der Waals surface area contributed by atoms with Crippen molar-refractivity contribution in [3.63, 3.8) is 0 Å². The van der Waals surface area contributed by atoms with Gasteiger partial charge in [0, 0.05) is 24.7 Å². The standard InChI is InChI=1S/C18H24N4O4S/c1-3-13(2)19-16(23)18-21-20-17(26-18)14-7-9-15(10-8-14)27(24,25)22-11-5-4-6-12-22/h7-10,13H,3-6,11-12H2,1-2H3,(H,19,23)/t13-/m1/s1. The molecule has 3 rings (SSSR count). The number of aromatic nitrogens is 2. The highest BCUT2D eigenvalue weighted by molar-refractivity contribution is 7.89. The van der Waals surface area contributed by atoms with Gasteiger partial charge < -0.3 is 9.73 Å². The number of carbonyl (C=O) groups is 1. The van der Waals surface area contributed by atoms with Gasteiger partial charge in [0.05, 0.1) is 4.90 Å². The molecule has 1 N–H and O–H groups in total. The van der Waals surface area contributed by atoms with Crippen LogP contribution < -0.4 is 5.32 Å². The Bertz CT molecular complexity index is 886. The number of rotatable bonds is 6. The van der Waals surface area contributed by atoms with E-state index in [0.717, 1.165) is 25.7 Å². The van der Waals surface area contributed by atoms with Gasteiger partial charge in [0.25, 0.3) is 0 Å². The molecule has 0 unspecified atom stereocenters. The first kappa shape index (κ1) is 19.5. The molecule has 1 aliphatic rings. The van der Waals surface area contributed by atoms with Gasteiger partial charge >= 0.3 is 11.8 Å². The van der Waals surface area contributed by atoms with Crippen LogP contribution in [0.5, 0.6) is 0 Å². The van der Waals surface area contributed by atoms with Crippen molar-refractivity contribution in [3.05, 3.63) is 30.2 Å². The number of hydrogen-bond acceptors (Lipinski definition) is 6. The summed E-state index contributed by atoms with van der Waals surface area (Å²) < 4.78 is 32.3. The third-order valence-electron chi connectivity index (χ3n) is 4.66. The number of sulfonamides is 1. The average Bonchev–Trinajstić information content (AvgIpc) is 3.19. The molecular formula is C18H24N4O4S. The van der Waals surface area contributed by atoms with Gasteiger partial charge in [-0.15, -0.1) is 10.2 Å². The number of piperidine rings is 1. The molecule has 2 aromatic rings. The zero-order valence-corrected chi connectivity index (χ0v) is 16.3. The number of hydrogen-bond donors (Lipinski definition) is 1. The van der Waals surface area contributed by atoms with Crippen LogP contribution in [0.15, 0.2) is 33.6 Å². The summed E-state index contributed by atoms with van der Waals surface area (Å²) in [6.07, 6.45) is 3.64. The Morgan fingerprint density at radius 3 is 2.48 bits per heavy atom. The normalized spacial score (nSPS) is 16.8. The van der Waals surface area contributed by atoms with E-state index in [1.54, 1.807) is 12.1 Å². The van der Waals surface area contributed by atoms with Gasteiger partial charge in [0.2, 0.25) is 15.9 Å². The molecule has 1 atom stereocenters. The number of carbonyl (C=O) groups excluding carboxylic acids is 1. The van der Waals surface area contributed by atoms with Crippen LogP contribution >= 0.6 is 0 Å². The minimum atomic E-state index is -3.48. The van der Waals surface area contributed by atoms with Crippen molar-refractivity contribution in [3.8, 4) is 11.5 Å². The molecule has 0 aliphatic carbocycles. The summed E-state index contributed by atoms with van der Waals surface area (Å²) in [5.74, 6) is -0.367. The smallest absolute Gasteiger partial charge is 0.309 e. The van der Waals surface area contributed by atoms with Crippen LogP contribution in [0.3, 0.4) is 0 Å². The fraction of sp³-hybridized carbons (Fsp3) is 0.500. The van der Waals surface area contributed by atoms with Crippen molar-refractivity contribution >= 4 is 15.9 Å². The fourth-order valence-electron chi connectivity index (χ4n) is 2.84. The lowest BCUT2D eigenvalue weighted by Crippen LogP contribution is -2.35. The van der Waals surface area contributed by atoms with Crippen LogP contribution in [0.25, 0.3) is 11.5 Å². The van der Waals surface area contributed by atoms with Gasteiger partial charge in [-0.25, -0.2) is 8.42 Å². The minimum absolute atomic E-state index is 0.00660. The van der Waals surface area contributed by atoms with Crippen molar-refractivity contribution < 1.29 is 17.6 Å². The number of nitrogens with one attached hydrogen (secondary N) is 1. The third kappa shape index (κ3) is 4.36. The van der Waals surface area contributed by atoms with Crippen LogP contribution in [0, 0.1) is 0 Å². The molecule has 1 saturated heterocycles. The van der Waals surface area contributed by atoms with Gasteiger partial charge in [-0.05, 0) is 50.5 Å². The van der Waals surface area contributed by atoms with E-state index in [9.17, 15) is 13.2 Å². The Labute approximate surface area is 159 Å². The zero-order valence-electron chi connectivity index (χ0n) is 15.5. The molecule has 0 spiro atoms. The van der Waals surface area contributed by atoms with Gasteiger partial charge in [-0.1, -0.05) is 13.3 Å². The first-order valence-electron chi connectivity index (χ1n) is 9.16. The molecular weight excluding hydrogens is 368 g/mol. The summed E-state index contributed by atoms with van der Waals surface area (Å²) >= 11 is 0. The fourth-order valence-corrected chi connectivity index (χ4v) is 4.36. The Balaban J connectivity index is 1.75. The Morgan fingerprint density at radius 1 is 1.19 bits per heavy atom. The number of benzene rings is 1. The molecule has 0 saturated carbocycles. The summed E-state index contributed by atoms with van der Waals surface area (Å²) in [5, 5.41) is 10.4. The van der Waals surface area contributed by atoms with Crippen LogP contribution in [0.4, 0.5) is 0 Å². The molecule has 1 aromatic carbocycles. The van der Waals surface area contributed by atoms with Gasteiger partial charge in [0.15, 0.2) is 0 Å². The monoisotopic (exact) mass is 392 g/mol. The zero-order chi connectivity index (χ0) is 19.4. The molecule has 2 heterocycles. The summed E-state index contributed by atoms with van der Waals surface area (Å²) in [5.41, 5.74) is 0.558. The lowest BCUT2D eigenvalue weighted by molar-refractivity contribution is 0.0905. The highest BCUT2D eigenvalue weighted by atomic mass is 32.2. The SMILES string of the molecule is CC[C@@H](C)NC(=O)c1nnc(-c2ccc(S(=O)(=O)N3CCCCC3)cc2)o1. The van der Waals surface area contributed by atoms with E-state index in [0.29, 0.717) is 18.7 Å². The van der Waals surface area contributed by atoms with Crippen molar-refractivity contribution in [2.45, 2.75) is 50.5 Å². The van der Waals surface area contributed by atoms with E-state index in [1.807, 2.05) is 13.8 Å². The molecule has 1 aliphatic heterocycles. The number of nitrogens with zero attached hydrogens (tertiary/aromatic N) is 3. The van der Waals surface area contributed by atoms with Crippen molar-refractivity contribution in [2.24, 2.45) is 0 Å². The quantitative estimate of drug-likeness (QED) is 0.809. The lowest BCUT2D eigenvalue weighted by Gasteiger charge is -2.25. The molecule has 0 radical (unpaired) electrons. The highest BCUT2D eigenvalue weighted by Gasteiger charge is 2.26. The Kier molecular flexibility index (Phi) is 5.91. The molecule has 0 bridgehead atoms. The molecule has 27 heavy (non-hydrogen) atoms. The van der Waals surface area contributed by atoms with E-state index < -0.39 is 15.9 Å². The van der Waals surface area contributed by atoms with E-state index in [4.69, 9.17) is 4.42 Å². The predicted molar refractivity (Wildman–Crippen MR) is 99.6 cm³/mol. The molecule has 146 valence electrons. The molecule has 1 amide bonds. The topological polar surface area (TPSA) is 105 Å². The number of amides is 1. The van der Waals surface area contributed by atoms with Gasteiger partial charge in [0.1, 0.15) is 0 Å². The van der Waals surface area contributed by atoms with Crippen LogP contribution in [-0.2, 0) is 10.0 Å². The van der Waals surface area contributed by atoms with E-state index in [-0.39, 0.29) is 22.7 Å². The van der Waals surface area contributed by atoms with Gasteiger partial charge in [-0.2, -0.15) is 4.31 Å². The molecule has 9 heteroatoms. The second kappa shape index (κ2) is 8.18. The van der Waals surface area contributed by atoms with Crippen LogP contribution in [0.2, 0.25) is 0 Å². The van der Waals surface area contributed by atoms with Gasteiger partial charge in [-0.3, -0.25) is 4.79 Å². The highest BCUT2D eigenvalue weighted by Crippen LogP contribution is 2.24. The lowest BCUT2D eigenvalue weighted by atomic mass is 10.2. The molecule has 8 nitrogen and oxygen atoms in total. The van der Waals surface area contributed by atoms with Crippen molar-refractivity contribution in [2.75, 3.05) is 13.1 Å². The average molecular weight is 392 g/mol.